The minimum absolute atomic E-state index is 0.00537. The monoisotopic (exact) mass is 635 g/mol. The highest BCUT2D eigenvalue weighted by molar-refractivity contribution is 8.13. The van der Waals surface area contributed by atoms with Gasteiger partial charge in [-0.3, -0.25) is 14.4 Å². The molecule has 2 aliphatic rings. The third kappa shape index (κ3) is 9.57. The van der Waals surface area contributed by atoms with Gasteiger partial charge in [-0.25, -0.2) is 5.09 Å². The molecule has 5 atom stereocenters. The molecule has 16 heteroatoms. The first-order valence-corrected chi connectivity index (χ1v) is 16.3. The van der Waals surface area contributed by atoms with Crippen molar-refractivity contribution in [2.75, 3.05) is 25.6 Å². The van der Waals surface area contributed by atoms with Crippen LogP contribution in [0.4, 0.5) is 0 Å². The number of nitrogens with one attached hydrogen (secondary N) is 2. The van der Waals surface area contributed by atoms with Gasteiger partial charge in [-0.2, -0.15) is 0 Å². The lowest BCUT2D eigenvalue weighted by atomic mass is 10.00. The highest BCUT2D eigenvalue weighted by Crippen LogP contribution is 2.48. The largest absolute Gasteiger partial charge is 0.462 e. The van der Waals surface area contributed by atoms with E-state index < -0.39 is 46.8 Å². The van der Waals surface area contributed by atoms with Crippen molar-refractivity contribution in [2.24, 2.45) is 5.41 Å². The van der Waals surface area contributed by atoms with E-state index in [-0.39, 0.29) is 37.0 Å². The zero-order chi connectivity index (χ0) is 28.9. The van der Waals surface area contributed by atoms with Gasteiger partial charge in [-0.1, -0.05) is 55.7 Å². The van der Waals surface area contributed by atoms with Crippen LogP contribution < -0.4 is 10.4 Å². The second-order valence-corrected chi connectivity index (χ2v) is 15.7. The number of aliphatic hydroxyl groups excluding tert-OH is 1. The van der Waals surface area contributed by atoms with Crippen LogP contribution in [0, 0.1) is 5.41 Å². The van der Waals surface area contributed by atoms with Crippen molar-refractivity contribution in [2.45, 2.75) is 76.5 Å². The third-order valence-corrected chi connectivity index (χ3v) is 9.92. The molecule has 2 aliphatic heterocycles. The first-order valence-electron chi connectivity index (χ1n) is 11.9. The van der Waals surface area contributed by atoms with Gasteiger partial charge < -0.3 is 33.8 Å². The van der Waals surface area contributed by atoms with Crippen molar-refractivity contribution in [3.63, 3.8) is 0 Å². The van der Waals surface area contributed by atoms with E-state index in [1.807, 2.05) is 20.8 Å². The van der Waals surface area contributed by atoms with Gasteiger partial charge in [0.15, 0.2) is 15.7 Å². The number of aliphatic hydroxyl groups is 1. The Labute approximate surface area is 242 Å². The lowest BCUT2D eigenvalue weighted by molar-refractivity contribution is -0.149. The maximum Gasteiger partial charge on any atom is 0.323 e. The van der Waals surface area contributed by atoms with E-state index in [4.69, 9.17) is 53.5 Å². The summed E-state index contributed by atoms with van der Waals surface area (Å²) in [5, 5.41) is 16.3. The summed E-state index contributed by atoms with van der Waals surface area (Å²) in [5.74, 6) is -0.518. The Hall–Kier alpha value is -0.470. The number of ether oxygens (including phenoxy) is 2. The van der Waals surface area contributed by atoms with Crippen LogP contribution in [0.15, 0.2) is 12.3 Å². The Kier molecular flexibility index (Phi) is 12.4. The molecule has 1 fully saturated rings. The molecule has 0 aromatic rings. The minimum Gasteiger partial charge on any atom is -0.462 e. The lowest BCUT2D eigenvalue weighted by Crippen LogP contribution is -2.50. The molecule has 2 heterocycles. The zero-order valence-electron chi connectivity index (χ0n) is 22.1. The van der Waals surface area contributed by atoms with E-state index >= 15 is 0 Å². The second-order valence-electron chi connectivity index (χ2n) is 10.0. The number of thioether (sulfide) groups is 1. The van der Waals surface area contributed by atoms with Gasteiger partial charge in [0.2, 0.25) is 5.91 Å². The van der Waals surface area contributed by atoms with Gasteiger partial charge in [-0.05, 0) is 32.6 Å². The number of carbonyl (C=O) groups is 3. The van der Waals surface area contributed by atoms with Crippen LogP contribution in [0.5, 0.6) is 0 Å². The van der Waals surface area contributed by atoms with Crippen molar-refractivity contribution >= 4 is 70.4 Å². The maximum atomic E-state index is 12.4. The minimum atomic E-state index is -3.36. The Bertz CT molecular complexity index is 950. The number of esters is 1. The zero-order valence-corrected chi connectivity index (χ0v) is 26.2. The number of alkyl halides is 2. The highest BCUT2D eigenvalue weighted by Gasteiger charge is 2.57. The molecule has 38 heavy (non-hydrogen) atoms. The predicted octanol–water partition coefficient (Wildman–Crippen LogP) is 2.64. The molecule has 0 bridgehead atoms. The average molecular weight is 637 g/mol. The van der Waals surface area contributed by atoms with Crippen molar-refractivity contribution in [1.29, 1.82) is 0 Å². The Balaban J connectivity index is 2.09. The topological polar surface area (TPSA) is 136 Å². The third-order valence-electron chi connectivity index (χ3n) is 5.19. The molecule has 1 amide bonds. The lowest BCUT2D eigenvalue weighted by Gasteiger charge is -2.34. The SMILES string of the molecule is CC(C)OC(=O)C(C)NP(=S)(OCCSC(=O)C(C)(C)C)OCC1OC(N2C=CC(=O)NC2)C(Cl)(Cl)C1O. The fourth-order valence-electron chi connectivity index (χ4n) is 3.18. The van der Waals surface area contributed by atoms with Crippen LogP contribution in [-0.4, -0.2) is 87.5 Å². The molecule has 11 nitrogen and oxygen atoms in total. The number of carbonyl (C=O) groups excluding carboxylic acids is 3. The van der Waals surface area contributed by atoms with Crippen LogP contribution >= 0.6 is 41.6 Å². The van der Waals surface area contributed by atoms with Crippen molar-refractivity contribution in [1.82, 2.24) is 15.3 Å². The van der Waals surface area contributed by atoms with E-state index in [0.717, 1.165) is 11.8 Å². The van der Waals surface area contributed by atoms with E-state index in [0.29, 0.717) is 5.75 Å². The molecule has 0 aliphatic carbocycles. The van der Waals surface area contributed by atoms with Gasteiger partial charge in [0.1, 0.15) is 18.2 Å². The Morgan fingerprint density at radius 2 is 2.03 bits per heavy atom. The summed E-state index contributed by atoms with van der Waals surface area (Å²) in [6, 6.07) is -0.864. The smallest absolute Gasteiger partial charge is 0.323 e. The molecular weight excluding hydrogens is 600 g/mol. The van der Waals surface area contributed by atoms with Crippen LogP contribution in [0.2, 0.25) is 0 Å². The number of hydrogen-bond donors (Lipinski definition) is 3. The molecule has 0 radical (unpaired) electrons. The molecular formula is C22H36Cl2N3O8PS2. The van der Waals surface area contributed by atoms with E-state index in [1.165, 1.54) is 17.2 Å². The normalized spacial score (nSPS) is 25.7. The summed E-state index contributed by atoms with van der Waals surface area (Å²) in [6.07, 6.45) is -0.980. The fraction of sp³-hybridized carbons (Fsp3) is 0.773. The fourth-order valence-corrected chi connectivity index (χ4v) is 7.08. The molecule has 2 rings (SSSR count). The molecule has 3 N–H and O–H groups in total. The summed E-state index contributed by atoms with van der Waals surface area (Å²) in [7, 11) is 0. The van der Waals surface area contributed by atoms with Gasteiger partial charge in [0.05, 0.1) is 26.0 Å². The standard InChI is InChI=1S/C22H36Cl2N3O8PS2/c1-13(2)34-18(30)14(3)26-36(37,32-9-10-38-20(31)21(4,5)6)33-11-15-17(29)22(23,24)19(35-15)27-8-7-16(28)25-12-27/h7-8,13-15,17,19,29H,9-12H2,1-6H3,(H,25,28)(H,26,37). The van der Waals surface area contributed by atoms with E-state index in [9.17, 15) is 19.5 Å². The number of rotatable bonds is 12. The Morgan fingerprint density at radius 1 is 1.37 bits per heavy atom. The van der Waals surface area contributed by atoms with Gasteiger partial charge in [0, 0.05) is 23.4 Å². The number of nitrogens with zero attached hydrogens (tertiary/aromatic N) is 1. The van der Waals surface area contributed by atoms with Gasteiger partial charge in [-0.15, -0.1) is 0 Å². The van der Waals surface area contributed by atoms with E-state index in [1.54, 1.807) is 20.8 Å². The van der Waals surface area contributed by atoms with Crippen molar-refractivity contribution in [3.05, 3.63) is 12.3 Å². The summed E-state index contributed by atoms with van der Waals surface area (Å²) < 4.78 is 21.1. The first-order chi connectivity index (χ1) is 17.5. The second kappa shape index (κ2) is 13.9. The summed E-state index contributed by atoms with van der Waals surface area (Å²) >= 11 is 19.6. The Morgan fingerprint density at radius 3 is 2.58 bits per heavy atom. The van der Waals surface area contributed by atoms with Gasteiger partial charge in [0.25, 0.3) is 6.64 Å². The molecule has 1 saturated heterocycles. The van der Waals surface area contributed by atoms with Crippen LogP contribution in [0.1, 0.15) is 41.5 Å². The molecule has 0 aromatic carbocycles. The summed E-state index contributed by atoms with van der Waals surface area (Å²) in [5.41, 5.74) is -0.511. The molecule has 0 saturated carbocycles. The predicted molar refractivity (Wildman–Crippen MR) is 150 cm³/mol. The van der Waals surface area contributed by atoms with Crippen LogP contribution in [0.3, 0.4) is 0 Å². The maximum absolute atomic E-state index is 12.4. The van der Waals surface area contributed by atoms with Crippen LogP contribution in [0.25, 0.3) is 0 Å². The van der Waals surface area contributed by atoms with Crippen molar-refractivity contribution in [3.8, 4) is 0 Å². The highest BCUT2D eigenvalue weighted by atomic mass is 35.5. The van der Waals surface area contributed by atoms with Crippen molar-refractivity contribution < 1.29 is 38.0 Å². The van der Waals surface area contributed by atoms with Crippen LogP contribution in [-0.2, 0) is 44.7 Å². The van der Waals surface area contributed by atoms with E-state index in [2.05, 4.69) is 10.4 Å². The first kappa shape index (κ1) is 33.7. The number of hydrogen-bond acceptors (Lipinski definition) is 11. The average Bonchev–Trinajstić information content (AvgIpc) is 3.03. The van der Waals surface area contributed by atoms with Gasteiger partial charge >= 0.3 is 5.97 Å². The summed E-state index contributed by atoms with van der Waals surface area (Å²) in [6.45, 7) is 6.98. The quantitative estimate of drug-likeness (QED) is 0.126. The summed E-state index contributed by atoms with van der Waals surface area (Å²) in [4.78, 5) is 37.6. The molecule has 5 unspecified atom stereocenters. The molecule has 0 spiro atoms. The number of halogens is 2. The molecule has 0 aromatic heterocycles. The number of amides is 1. The molecule has 218 valence electrons.